The Morgan fingerprint density at radius 1 is 1.14 bits per heavy atom. The van der Waals surface area contributed by atoms with Gasteiger partial charge in [-0.05, 0) is 18.2 Å². The average Bonchev–Trinajstić information content (AvgIpc) is 3.08. The highest BCUT2D eigenvalue weighted by Crippen LogP contribution is 2.19. The molecule has 1 aromatic carbocycles. The van der Waals surface area contributed by atoms with Gasteiger partial charge in [0.2, 0.25) is 0 Å². The first kappa shape index (κ1) is 21.8. The van der Waals surface area contributed by atoms with Crippen LogP contribution in [0.5, 0.6) is 5.75 Å². The Morgan fingerprint density at radius 2 is 1.93 bits per heavy atom. The number of benzene rings is 1. The number of nitrogens with one attached hydrogen (secondary N) is 2. The van der Waals surface area contributed by atoms with Crippen molar-refractivity contribution in [3.8, 4) is 5.75 Å². The van der Waals surface area contributed by atoms with E-state index in [0.717, 1.165) is 11.5 Å². The fourth-order valence-corrected chi connectivity index (χ4v) is 2.61. The molecular weight excluding hydrogens is 481 g/mol. The minimum atomic E-state index is -2.86. The molecule has 0 amide bonds. The maximum Gasteiger partial charge on any atom is 0.387 e. The first-order chi connectivity index (χ1) is 13.2. The van der Waals surface area contributed by atoms with Gasteiger partial charge in [0.05, 0.1) is 0 Å². The van der Waals surface area contributed by atoms with Crippen LogP contribution in [-0.2, 0) is 13.0 Å². The Kier molecular flexibility index (Phi) is 8.36. The predicted molar refractivity (Wildman–Crippen MR) is 113 cm³/mol. The van der Waals surface area contributed by atoms with Crippen LogP contribution < -0.4 is 15.4 Å². The zero-order valence-corrected chi connectivity index (χ0v) is 17.5. The van der Waals surface area contributed by atoms with Crippen molar-refractivity contribution < 1.29 is 13.5 Å². The minimum Gasteiger partial charge on any atom is -0.434 e. The van der Waals surface area contributed by atoms with E-state index in [0.29, 0.717) is 31.0 Å². The summed E-state index contributed by atoms with van der Waals surface area (Å²) in [7, 11) is 1.64. The second-order valence-electron chi connectivity index (χ2n) is 5.63. The van der Waals surface area contributed by atoms with Gasteiger partial charge < -0.3 is 15.4 Å². The quantitative estimate of drug-likeness (QED) is 0.296. The number of alkyl halides is 2. The summed E-state index contributed by atoms with van der Waals surface area (Å²) in [5, 5.41) is 14.5. The zero-order valence-electron chi connectivity index (χ0n) is 15.2. The number of guanidine groups is 1. The number of para-hydroxylation sites is 1. The lowest BCUT2D eigenvalue weighted by Crippen LogP contribution is -2.38. The highest BCUT2D eigenvalue weighted by Gasteiger charge is 2.10. The Hall–Kier alpha value is -2.50. The van der Waals surface area contributed by atoms with Gasteiger partial charge in [-0.1, -0.05) is 24.3 Å². The van der Waals surface area contributed by atoms with Crippen molar-refractivity contribution >= 4 is 35.6 Å². The molecule has 0 saturated heterocycles. The summed E-state index contributed by atoms with van der Waals surface area (Å²) in [4.78, 5) is 4.14. The largest absolute Gasteiger partial charge is 0.434 e. The van der Waals surface area contributed by atoms with Crippen LogP contribution in [0.15, 0.2) is 53.7 Å². The summed E-state index contributed by atoms with van der Waals surface area (Å²) in [6.45, 7) is -1.97. The number of nitrogens with zero attached hydrogens (tertiary/aromatic N) is 4. The Bertz CT molecular complexity index is 918. The lowest BCUT2D eigenvalue weighted by Gasteiger charge is -2.14. The molecule has 0 unspecified atom stereocenters. The first-order valence-electron chi connectivity index (χ1n) is 8.43. The molecule has 0 atom stereocenters. The number of halogens is 3. The second-order valence-corrected chi connectivity index (χ2v) is 5.63. The van der Waals surface area contributed by atoms with E-state index < -0.39 is 6.61 Å². The monoisotopic (exact) mass is 502 g/mol. The molecule has 0 spiro atoms. The van der Waals surface area contributed by atoms with Gasteiger partial charge in [0.25, 0.3) is 0 Å². The number of ether oxygens (including phenoxy) is 1. The van der Waals surface area contributed by atoms with E-state index in [9.17, 15) is 8.78 Å². The van der Waals surface area contributed by atoms with Crippen molar-refractivity contribution in [1.82, 2.24) is 25.2 Å². The molecule has 0 radical (unpaired) electrons. The van der Waals surface area contributed by atoms with Crippen molar-refractivity contribution in [3.05, 3.63) is 60.0 Å². The lowest BCUT2D eigenvalue weighted by molar-refractivity contribution is -0.0504. The van der Waals surface area contributed by atoms with E-state index in [1.807, 2.05) is 28.8 Å². The van der Waals surface area contributed by atoms with E-state index in [1.165, 1.54) is 6.07 Å². The summed E-state index contributed by atoms with van der Waals surface area (Å²) in [6.07, 6.45) is 2.56. The van der Waals surface area contributed by atoms with E-state index in [-0.39, 0.29) is 29.7 Å². The minimum absolute atomic E-state index is 0. The smallest absolute Gasteiger partial charge is 0.387 e. The molecule has 28 heavy (non-hydrogen) atoms. The SMILES string of the molecule is CN=C(NCCc1nnc2ccccn12)NCc1ccccc1OC(F)F.I. The zero-order chi connectivity index (χ0) is 19.1. The number of aromatic nitrogens is 3. The summed E-state index contributed by atoms with van der Waals surface area (Å²) in [5.74, 6) is 1.53. The van der Waals surface area contributed by atoms with Gasteiger partial charge in [0.1, 0.15) is 11.6 Å². The van der Waals surface area contributed by atoms with Crippen LogP contribution in [0, 0.1) is 0 Å². The standard InChI is InChI=1S/C18H20F2N6O.HI/c1-21-18(23-12-13-6-2-3-7-14(13)27-17(19)20)22-10-9-16-25-24-15-8-4-5-11-26(15)16;/h2-8,11,17H,9-10,12H2,1H3,(H2,21,22,23);1H. The number of fused-ring (bicyclic) bond motifs is 1. The lowest BCUT2D eigenvalue weighted by atomic mass is 10.2. The van der Waals surface area contributed by atoms with E-state index >= 15 is 0 Å². The molecule has 10 heteroatoms. The van der Waals surface area contributed by atoms with Crippen LogP contribution in [0.4, 0.5) is 8.78 Å². The highest BCUT2D eigenvalue weighted by atomic mass is 127. The third-order valence-electron chi connectivity index (χ3n) is 3.88. The molecule has 0 aliphatic heterocycles. The molecule has 7 nitrogen and oxygen atoms in total. The van der Waals surface area contributed by atoms with Crippen molar-refractivity contribution in [2.45, 2.75) is 19.6 Å². The van der Waals surface area contributed by atoms with Gasteiger partial charge in [0.15, 0.2) is 11.6 Å². The molecule has 0 saturated carbocycles. The van der Waals surface area contributed by atoms with Gasteiger partial charge >= 0.3 is 6.61 Å². The molecule has 2 aromatic heterocycles. The van der Waals surface area contributed by atoms with Crippen LogP contribution in [0.1, 0.15) is 11.4 Å². The Morgan fingerprint density at radius 3 is 2.71 bits per heavy atom. The highest BCUT2D eigenvalue weighted by molar-refractivity contribution is 14.0. The van der Waals surface area contributed by atoms with Crippen LogP contribution in [0.2, 0.25) is 0 Å². The van der Waals surface area contributed by atoms with Gasteiger partial charge in [0, 0.05) is 38.3 Å². The number of rotatable bonds is 7. The number of hydrogen-bond donors (Lipinski definition) is 2. The topological polar surface area (TPSA) is 75.8 Å². The first-order valence-corrected chi connectivity index (χ1v) is 8.43. The van der Waals surface area contributed by atoms with E-state index in [1.54, 1.807) is 25.2 Å². The molecule has 0 fully saturated rings. The van der Waals surface area contributed by atoms with Gasteiger partial charge in [-0.3, -0.25) is 9.39 Å². The fraction of sp³-hybridized carbons (Fsp3) is 0.278. The summed E-state index contributed by atoms with van der Waals surface area (Å²) in [6, 6.07) is 12.4. The normalized spacial score (nSPS) is 11.4. The van der Waals surface area contributed by atoms with E-state index in [2.05, 4.69) is 30.6 Å². The summed E-state index contributed by atoms with van der Waals surface area (Å²) < 4.78 is 31.4. The molecule has 3 aromatic rings. The van der Waals surface area contributed by atoms with Crippen molar-refractivity contribution in [3.63, 3.8) is 0 Å². The van der Waals surface area contributed by atoms with E-state index in [4.69, 9.17) is 0 Å². The van der Waals surface area contributed by atoms with Crippen LogP contribution in [0.25, 0.3) is 5.65 Å². The summed E-state index contributed by atoms with van der Waals surface area (Å²) >= 11 is 0. The van der Waals surface area contributed by atoms with Crippen molar-refractivity contribution in [1.29, 1.82) is 0 Å². The van der Waals surface area contributed by atoms with Crippen LogP contribution in [0.3, 0.4) is 0 Å². The number of pyridine rings is 1. The summed E-state index contributed by atoms with van der Waals surface area (Å²) in [5.41, 5.74) is 1.41. The average molecular weight is 502 g/mol. The molecule has 0 bridgehead atoms. The second kappa shape index (κ2) is 10.7. The molecule has 2 N–H and O–H groups in total. The van der Waals surface area contributed by atoms with Crippen LogP contribution >= 0.6 is 24.0 Å². The molecule has 0 aliphatic rings. The fourth-order valence-electron chi connectivity index (χ4n) is 2.61. The third-order valence-corrected chi connectivity index (χ3v) is 3.88. The third kappa shape index (κ3) is 5.75. The van der Waals surface area contributed by atoms with Crippen LogP contribution in [-0.4, -0.2) is 40.8 Å². The maximum absolute atomic E-state index is 12.5. The number of aliphatic imine (C=N–C) groups is 1. The Balaban J connectivity index is 0.00000280. The van der Waals surface area contributed by atoms with Crippen molar-refractivity contribution in [2.75, 3.05) is 13.6 Å². The molecule has 3 rings (SSSR count). The molecule has 0 aliphatic carbocycles. The van der Waals surface area contributed by atoms with Gasteiger partial charge in [-0.2, -0.15) is 8.78 Å². The number of hydrogen-bond acceptors (Lipinski definition) is 4. The molecular formula is C18H21F2IN6O. The molecule has 150 valence electrons. The molecule has 2 heterocycles. The maximum atomic E-state index is 12.5. The van der Waals surface area contributed by atoms with Gasteiger partial charge in [-0.15, -0.1) is 34.2 Å². The Labute approximate surface area is 178 Å². The predicted octanol–water partition coefficient (Wildman–Crippen LogP) is 2.86. The van der Waals surface area contributed by atoms with Gasteiger partial charge in [-0.25, -0.2) is 0 Å². The van der Waals surface area contributed by atoms with Crippen molar-refractivity contribution in [2.24, 2.45) is 4.99 Å².